The summed E-state index contributed by atoms with van der Waals surface area (Å²) in [6.07, 6.45) is 2.97. The van der Waals surface area contributed by atoms with Gasteiger partial charge in [0.15, 0.2) is 0 Å². The molecule has 6 heteroatoms. The van der Waals surface area contributed by atoms with E-state index in [4.69, 9.17) is 27.5 Å². The molecule has 0 spiro atoms. The molecule has 1 saturated heterocycles. The number of nitrogens with zero attached hydrogens (tertiary/aromatic N) is 1. The molecule has 21 heavy (non-hydrogen) atoms. The van der Waals surface area contributed by atoms with Crippen LogP contribution >= 0.6 is 11.6 Å². The van der Waals surface area contributed by atoms with Gasteiger partial charge in [-0.1, -0.05) is 11.6 Å². The van der Waals surface area contributed by atoms with E-state index in [-0.39, 0.29) is 18.4 Å². The van der Waals surface area contributed by atoms with Gasteiger partial charge in [0.25, 0.3) is 0 Å². The van der Waals surface area contributed by atoms with Crippen LogP contribution in [-0.2, 0) is 9.53 Å². The van der Waals surface area contributed by atoms with Crippen LogP contribution in [0.25, 0.3) is 0 Å². The van der Waals surface area contributed by atoms with Crippen LogP contribution < -0.4 is 5.73 Å². The molecule has 114 valence electrons. The van der Waals surface area contributed by atoms with E-state index in [1.807, 2.05) is 11.0 Å². The number of carbonyl (C=O) groups is 1. The van der Waals surface area contributed by atoms with Crippen molar-refractivity contribution < 1.29 is 9.53 Å². The van der Waals surface area contributed by atoms with Crippen LogP contribution in [0.15, 0.2) is 12.1 Å². The van der Waals surface area contributed by atoms with Gasteiger partial charge in [-0.05, 0) is 36.5 Å². The second kappa shape index (κ2) is 6.91. The number of piperidine rings is 1. The lowest BCUT2D eigenvalue weighted by atomic mass is 9.86. The molecule has 2 rings (SSSR count). The number of anilines is 1. The number of halogens is 1. The highest BCUT2D eigenvalue weighted by atomic mass is 35.5. The highest BCUT2D eigenvalue weighted by Crippen LogP contribution is 2.34. The summed E-state index contributed by atoms with van der Waals surface area (Å²) in [6.45, 7) is 1.51. The molecule has 0 aromatic heterocycles. The Morgan fingerprint density at radius 2 is 2.19 bits per heavy atom. The smallest absolute Gasteiger partial charge is 0.248 e. The van der Waals surface area contributed by atoms with Crippen LogP contribution in [0.5, 0.6) is 0 Å². The van der Waals surface area contributed by atoms with E-state index >= 15 is 0 Å². The Morgan fingerprint density at radius 1 is 1.52 bits per heavy atom. The summed E-state index contributed by atoms with van der Waals surface area (Å²) in [7, 11) is 1.52. The van der Waals surface area contributed by atoms with Crippen molar-refractivity contribution in [2.45, 2.75) is 18.8 Å². The predicted octanol–water partition coefficient (Wildman–Crippen LogP) is 2.27. The molecular formula is C15H20ClN3O2. The molecular weight excluding hydrogens is 290 g/mol. The van der Waals surface area contributed by atoms with Gasteiger partial charge < -0.3 is 20.8 Å². The number of nitrogen functional groups attached to an aromatic ring is 1. The minimum Gasteiger partial charge on any atom is -0.398 e. The molecule has 3 N–H and O–H groups in total. The van der Waals surface area contributed by atoms with Crippen LogP contribution in [0.2, 0.25) is 5.02 Å². The van der Waals surface area contributed by atoms with Crippen LogP contribution in [-0.4, -0.2) is 43.8 Å². The number of rotatable bonds is 4. The van der Waals surface area contributed by atoms with Crippen LogP contribution in [0, 0.1) is 5.41 Å². The number of amides is 1. The fourth-order valence-corrected chi connectivity index (χ4v) is 3.06. The molecule has 0 bridgehead atoms. The Morgan fingerprint density at radius 3 is 2.76 bits per heavy atom. The third-order valence-corrected chi connectivity index (χ3v) is 4.13. The number of hydrogen-bond acceptors (Lipinski definition) is 4. The lowest BCUT2D eigenvalue weighted by molar-refractivity contribution is -0.136. The number of nitrogens with two attached hydrogens (primary N) is 1. The number of likely N-dealkylation sites (tertiary alicyclic amines) is 1. The van der Waals surface area contributed by atoms with Gasteiger partial charge in [-0.15, -0.1) is 0 Å². The van der Waals surface area contributed by atoms with Crippen molar-refractivity contribution in [3.63, 3.8) is 0 Å². The summed E-state index contributed by atoms with van der Waals surface area (Å²) in [5.41, 5.74) is 8.22. The fraction of sp³-hybridized carbons (Fsp3) is 0.467. The summed E-state index contributed by atoms with van der Waals surface area (Å²) in [5.74, 6) is 0.294. The Hall–Kier alpha value is -1.59. The quantitative estimate of drug-likeness (QED) is 0.661. The first-order chi connectivity index (χ1) is 10.1. The normalized spacial score (nSPS) is 16.0. The minimum absolute atomic E-state index is 0.0221. The summed E-state index contributed by atoms with van der Waals surface area (Å²) in [5, 5.41) is 8.14. The zero-order valence-corrected chi connectivity index (χ0v) is 12.8. The largest absolute Gasteiger partial charge is 0.398 e. The summed E-state index contributed by atoms with van der Waals surface area (Å²) in [6, 6.07) is 3.55. The maximum atomic E-state index is 11.8. The molecule has 1 amide bonds. The predicted molar refractivity (Wildman–Crippen MR) is 84.2 cm³/mol. The van der Waals surface area contributed by atoms with Gasteiger partial charge in [-0.25, -0.2) is 0 Å². The number of methoxy groups -OCH3 is 1. The van der Waals surface area contributed by atoms with E-state index in [0.717, 1.165) is 24.0 Å². The fourth-order valence-electron chi connectivity index (χ4n) is 2.82. The number of carbonyl (C=O) groups excluding carboxylic acids is 1. The van der Waals surface area contributed by atoms with E-state index in [9.17, 15) is 4.79 Å². The molecule has 0 saturated carbocycles. The van der Waals surface area contributed by atoms with Gasteiger partial charge >= 0.3 is 0 Å². The molecule has 1 aromatic carbocycles. The van der Waals surface area contributed by atoms with E-state index in [1.165, 1.54) is 13.3 Å². The standard InChI is InChI=1S/C15H20ClN3O2/c1-21-9-15(20)19-4-2-10(3-5-19)12-6-11(16)7-14(18)13(12)8-17/h6-8,10,17H,2-5,9,18H2,1H3. The molecule has 0 aliphatic carbocycles. The highest BCUT2D eigenvalue weighted by molar-refractivity contribution is 6.31. The van der Waals surface area contributed by atoms with Crippen molar-refractivity contribution in [1.82, 2.24) is 4.90 Å². The second-order valence-electron chi connectivity index (χ2n) is 5.23. The van der Waals surface area contributed by atoms with Crippen LogP contribution in [0.4, 0.5) is 5.69 Å². The Bertz CT molecular complexity index is 540. The Kier molecular flexibility index (Phi) is 5.20. The topological polar surface area (TPSA) is 79.4 Å². The van der Waals surface area contributed by atoms with Crippen molar-refractivity contribution in [1.29, 1.82) is 5.41 Å². The zero-order valence-electron chi connectivity index (χ0n) is 12.1. The molecule has 5 nitrogen and oxygen atoms in total. The van der Waals surface area contributed by atoms with Crippen LogP contribution in [0.3, 0.4) is 0 Å². The lowest BCUT2D eigenvalue weighted by Gasteiger charge is -2.33. The van der Waals surface area contributed by atoms with Crippen molar-refractivity contribution in [2.75, 3.05) is 32.5 Å². The van der Waals surface area contributed by atoms with Crippen molar-refractivity contribution in [2.24, 2.45) is 0 Å². The van der Waals surface area contributed by atoms with E-state index in [0.29, 0.717) is 23.8 Å². The molecule has 1 aliphatic heterocycles. The second-order valence-corrected chi connectivity index (χ2v) is 5.67. The average molecular weight is 310 g/mol. The third-order valence-electron chi connectivity index (χ3n) is 3.91. The van der Waals surface area contributed by atoms with Gasteiger partial charge in [0, 0.05) is 42.7 Å². The molecule has 0 atom stereocenters. The molecule has 0 unspecified atom stereocenters. The van der Waals surface area contributed by atoms with Crippen molar-refractivity contribution in [3.05, 3.63) is 28.3 Å². The SMILES string of the molecule is COCC(=O)N1CCC(c2cc(Cl)cc(N)c2C=N)CC1. The van der Waals surface area contributed by atoms with Gasteiger partial charge in [0.05, 0.1) is 0 Å². The lowest BCUT2D eigenvalue weighted by Crippen LogP contribution is -2.39. The van der Waals surface area contributed by atoms with Crippen molar-refractivity contribution >= 4 is 29.4 Å². The Balaban J connectivity index is 2.12. The first-order valence-corrected chi connectivity index (χ1v) is 7.30. The molecule has 0 radical (unpaired) electrons. The zero-order chi connectivity index (χ0) is 15.4. The third kappa shape index (κ3) is 3.54. The van der Waals surface area contributed by atoms with Gasteiger partial charge in [-0.2, -0.15) is 0 Å². The number of nitrogens with one attached hydrogen (secondary N) is 1. The van der Waals surface area contributed by atoms with Gasteiger partial charge in [0.1, 0.15) is 6.61 Å². The minimum atomic E-state index is 0.0221. The monoisotopic (exact) mass is 309 g/mol. The maximum absolute atomic E-state index is 11.8. The Labute approximate surface area is 129 Å². The summed E-state index contributed by atoms with van der Waals surface area (Å²) in [4.78, 5) is 13.6. The van der Waals surface area contributed by atoms with Crippen molar-refractivity contribution in [3.8, 4) is 0 Å². The average Bonchev–Trinajstić information content (AvgIpc) is 2.47. The first kappa shape index (κ1) is 15.8. The molecule has 1 aliphatic rings. The number of hydrogen-bond donors (Lipinski definition) is 2. The number of benzene rings is 1. The van der Waals surface area contributed by atoms with E-state index in [2.05, 4.69) is 0 Å². The molecule has 1 fully saturated rings. The first-order valence-electron chi connectivity index (χ1n) is 6.93. The summed E-state index contributed by atoms with van der Waals surface area (Å²) >= 11 is 6.08. The molecule has 1 heterocycles. The van der Waals surface area contributed by atoms with Gasteiger partial charge in [0.2, 0.25) is 5.91 Å². The molecule has 1 aromatic rings. The summed E-state index contributed by atoms with van der Waals surface area (Å²) < 4.78 is 4.88. The highest BCUT2D eigenvalue weighted by Gasteiger charge is 2.25. The van der Waals surface area contributed by atoms with E-state index < -0.39 is 0 Å². The maximum Gasteiger partial charge on any atom is 0.248 e. The van der Waals surface area contributed by atoms with Crippen LogP contribution in [0.1, 0.15) is 29.9 Å². The van der Waals surface area contributed by atoms with E-state index in [1.54, 1.807) is 6.07 Å². The number of ether oxygens (including phenoxy) is 1. The van der Waals surface area contributed by atoms with Gasteiger partial charge in [-0.3, -0.25) is 4.79 Å².